The Balaban J connectivity index is 1.71. The second-order valence-electron chi connectivity index (χ2n) is 6.91. The standard InChI is InChI=1S/C21H35N3O3/c1-4-22-21(24(2)12-8-18-9-13-26-14-10-18)23-11-15-27-17-19-6-5-7-20(16-19)25-3/h5-7,16,18H,4,8-15,17H2,1-3H3,(H,22,23). The third kappa shape index (κ3) is 8.18. The van der Waals surface area contributed by atoms with Gasteiger partial charge in [-0.3, -0.25) is 4.99 Å². The number of ether oxygens (including phenoxy) is 3. The number of rotatable bonds is 10. The van der Waals surface area contributed by atoms with Crippen molar-refractivity contribution in [1.29, 1.82) is 0 Å². The van der Waals surface area contributed by atoms with E-state index in [0.29, 0.717) is 19.8 Å². The van der Waals surface area contributed by atoms with Crippen LogP contribution in [0.2, 0.25) is 0 Å². The Labute approximate surface area is 163 Å². The van der Waals surface area contributed by atoms with E-state index < -0.39 is 0 Å². The fraction of sp³-hybridized carbons (Fsp3) is 0.667. The second kappa shape index (κ2) is 12.6. The Hall–Kier alpha value is -1.79. The minimum Gasteiger partial charge on any atom is -0.497 e. The van der Waals surface area contributed by atoms with Crippen LogP contribution in [0.1, 0.15) is 31.7 Å². The lowest BCUT2D eigenvalue weighted by Crippen LogP contribution is -2.40. The number of benzene rings is 1. The molecule has 27 heavy (non-hydrogen) atoms. The highest BCUT2D eigenvalue weighted by atomic mass is 16.5. The number of nitrogens with zero attached hydrogens (tertiary/aromatic N) is 2. The van der Waals surface area contributed by atoms with Crippen molar-refractivity contribution in [2.24, 2.45) is 10.9 Å². The molecule has 1 aromatic carbocycles. The summed E-state index contributed by atoms with van der Waals surface area (Å²) < 4.78 is 16.4. The van der Waals surface area contributed by atoms with Gasteiger partial charge in [-0.15, -0.1) is 0 Å². The molecule has 1 aromatic rings. The SMILES string of the molecule is CCNC(=NCCOCc1cccc(OC)c1)N(C)CCC1CCOCC1. The van der Waals surface area contributed by atoms with E-state index in [0.717, 1.165) is 49.5 Å². The van der Waals surface area contributed by atoms with E-state index >= 15 is 0 Å². The van der Waals surface area contributed by atoms with Gasteiger partial charge >= 0.3 is 0 Å². The van der Waals surface area contributed by atoms with Gasteiger partial charge in [0.1, 0.15) is 5.75 Å². The average Bonchev–Trinajstić information content (AvgIpc) is 2.72. The van der Waals surface area contributed by atoms with Gasteiger partial charge in [-0.05, 0) is 49.8 Å². The van der Waals surface area contributed by atoms with E-state index in [2.05, 4.69) is 24.2 Å². The molecule has 152 valence electrons. The van der Waals surface area contributed by atoms with E-state index in [4.69, 9.17) is 19.2 Å². The summed E-state index contributed by atoms with van der Waals surface area (Å²) in [4.78, 5) is 6.92. The van der Waals surface area contributed by atoms with Gasteiger partial charge in [-0.25, -0.2) is 0 Å². The molecule has 1 N–H and O–H groups in total. The first-order chi connectivity index (χ1) is 13.2. The molecule has 1 fully saturated rings. The molecule has 2 rings (SSSR count). The summed E-state index contributed by atoms with van der Waals surface area (Å²) in [7, 11) is 3.79. The van der Waals surface area contributed by atoms with E-state index in [9.17, 15) is 0 Å². The second-order valence-corrected chi connectivity index (χ2v) is 6.91. The van der Waals surface area contributed by atoms with Gasteiger partial charge in [0.15, 0.2) is 5.96 Å². The average molecular weight is 378 g/mol. The van der Waals surface area contributed by atoms with Crippen molar-refractivity contribution >= 4 is 5.96 Å². The molecule has 6 nitrogen and oxygen atoms in total. The molecule has 1 aliphatic rings. The molecule has 0 amide bonds. The van der Waals surface area contributed by atoms with E-state index in [1.807, 2.05) is 24.3 Å². The maximum absolute atomic E-state index is 5.76. The Morgan fingerprint density at radius 1 is 1.33 bits per heavy atom. The molecular weight excluding hydrogens is 342 g/mol. The monoisotopic (exact) mass is 377 g/mol. The normalized spacial score (nSPS) is 15.6. The smallest absolute Gasteiger partial charge is 0.193 e. The number of hydrogen-bond donors (Lipinski definition) is 1. The molecule has 0 atom stereocenters. The molecule has 0 saturated carbocycles. The number of aliphatic imine (C=N–C) groups is 1. The van der Waals surface area contributed by atoms with Crippen LogP contribution in [-0.4, -0.2) is 64.5 Å². The quantitative estimate of drug-likeness (QED) is 0.386. The highest BCUT2D eigenvalue weighted by molar-refractivity contribution is 5.79. The molecule has 0 aliphatic carbocycles. The van der Waals surface area contributed by atoms with Crippen LogP contribution in [0.4, 0.5) is 0 Å². The van der Waals surface area contributed by atoms with Crippen LogP contribution in [-0.2, 0) is 16.1 Å². The van der Waals surface area contributed by atoms with Gasteiger partial charge in [-0.2, -0.15) is 0 Å². The lowest BCUT2D eigenvalue weighted by Gasteiger charge is -2.26. The molecule has 6 heteroatoms. The molecule has 1 aliphatic heterocycles. The van der Waals surface area contributed by atoms with Crippen molar-refractivity contribution in [3.8, 4) is 5.75 Å². The minimum atomic E-state index is 0.572. The lowest BCUT2D eigenvalue weighted by molar-refractivity contribution is 0.0625. The van der Waals surface area contributed by atoms with Crippen LogP contribution in [0.15, 0.2) is 29.3 Å². The van der Waals surface area contributed by atoms with Crippen LogP contribution < -0.4 is 10.1 Å². The van der Waals surface area contributed by atoms with Gasteiger partial charge in [0.05, 0.1) is 26.9 Å². The molecule has 0 bridgehead atoms. The Bertz CT molecular complexity index is 559. The first-order valence-corrected chi connectivity index (χ1v) is 10.0. The van der Waals surface area contributed by atoms with E-state index in [-0.39, 0.29) is 0 Å². The van der Waals surface area contributed by atoms with Crippen LogP contribution in [0.5, 0.6) is 5.75 Å². The predicted octanol–water partition coefficient (Wildman–Crippen LogP) is 2.93. The number of hydrogen-bond acceptors (Lipinski definition) is 4. The summed E-state index contributed by atoms with van der Waals surface area (Å²) >= 11 is 0. The van der Waals surface area contributed by atoms with Crippen LogP contribution >= 0.6 is 0 Å². The van der Waals surface area contributed by atoms with Crippen LogP contribution in [0.3, 0.4) is 0 Å². The van der Waals surface area contributed by atoms with Gasteiger partial charge in [0.2, 0.25) is 0 Å². The van der Waals surface area contributed by atoms with E-state index in [1.165, 1.54) is 19.3 Å². The Morgan fingerprint density at radius 3 is 2.89 bits per heavy atom. The number of methoxy groups -OCH3 is 1. The fourth-order valence-corrected chi connectivity index (χ4v) is 3.16. The van der Waals surface area contributed by atoms with Crippen molar-refractivity contribution in [3.63, 3.8) is 0 Å². The summed E-state index contributed by atoms with van der Waals surface area (Å²) in [5.41, 5.74) is 1.11. The van der Waals surface area contributed by atoms with Gasteiger partial charge < -0.3 is 24.4 Å². The van der Waals surface area contributed by atoms with Gasteiger partial charge in [-0.1, -0.05) is 12.1 Å². The van der Waals surface area contributed by atoms with Crippen molar-refractivity contribution < 1.29 is 14.2 Å². The highest BCUT2D eigenvalue weighted by Gasteiger charge is 2.15. The number of guanidine groups is 1. The molecule has 0 unspecified atom stereocenters. The summed E-state index contributed by atoms with van der Waals surface area (Å²) in [6.45, 7) is 7.62. The van der Waals surface area contributed by atoms with Crippen molar-refractivity contribution in [2.45, 2.75) is 32.8 Å². The molecule has 0 spiro atoms. The maximum atomic E-state index is 5.76. The Morgan fingerprint density at radius 2 is 2.15 bits per heavy atom. The third-order valence-electron chi connectivity index (χ3n) is 4.81. The molecule has 0 radical (unpaired) electrons. The summed E-state index contributed by atoms with van der Waals surface area (Å²) in [5, 5.41) is 3.37. The molecule has 0 aromatic heterocycles. The molecular formula is C21H35N3O3. The van der Waals surface area contributed by atoms with Crippen LogP contribution in [0, 0.1) is 5.92 Å². The molecule has 1 heterocycles. The Kier molecular flexibility index (Phi) is 10.0. The zero-order valence-corrected chi connectivity index (χ0v) is 17.1. The summed E-state index contributed by atoms with van der Waals surface area (Å²) in [6.07, 6.45) is 3.55. The zero-order valence-electron chi connectivity index (χ0n) is 17.1. The lowest BCUT2D eigenvalue weighted by atomic mass is 9.96. The van der Waals surface area contributed by atoms with Crippen molar-refractivity contribution in [2.75, 3.05) is 53.6 Å². The summed E-state index contributed by atoms with van der Waals surface area (Å²) in [6, 6.07) is 7.95. The highest BCUT2D eigenvalue weighted by Crippen LogP contribution is 2.18. The van der Waals surface area contributed by atoms with E-state index in [1.54, 1.807) is 7.11 Å². The van der Waals surface area contributed by atoms with Gasteiger partial charge in [0.25, 0.3) is 0 Å². The first-order valence-electron chi connectivity index (χ1n) is 10.0. The minimum absolute atomic E-state index is 0.572. The largest absolute Gasteiger partial charge is 0.497 e. The third-order valence-corrected chi connectivity index (χ3v) is 4.81. The molecule has 1 saturated heterocycles. The number of nitrogens with one attached hydrogen (secondary N) is 1. The van der Waals surface area contributed by atoms with Crippen LogP contribution in [0.25, 0.3) is 0 Å². The maximum Gasteiger partial charge on any atom is 0.193 e. The van der Waals surface area contributed by atoms with Gasteiger partial charge in [0, 0.05) is 33.4 Å². The topological polar surface area (TPSA) is 55.3 Å². The zero-order chi connectivity index (χ0) is 19.3. The van der Waals surface area contributed by atoms with Crippen molar-refractivity contribution in [1.82, 2.24) is 10.2 Å². The van der Waals surface area contributed by atoms with Crippen molar-refractivity contribution in [3.05, 3.63) is 29.8 Å². The first kappa shape index (κ1) is 21.5. The predicted molar refractivity (Wildman–Crippen MR) is 109 cm³/mol. The fourth-order valence-electron chi connectivity index (χ4n) is 3.16. The summed E-state index contributed by atoms with van der Waals surface area (Å²) in [5.74, 6) is 2.58.